The van der Waals surface area contributed by atoms with Crippen LogP contribution in [-0.2, 0) is 4.79 Å². The van der Waals surface area contributed by atoms with Gasteiger partial charge in [0.25, 0.3) is 0 Å². The highest BCUT2D eigenvalue weighted by Crippen LogP contribution is 2.27. The average molecular weight is 300 g/mol. The number of amides is 1. The van der Waals surface area contributed by atoms with E-state index in [0.717, 1.165) is 35.3 Å². The maximum absolute atomic E-state index is 11.8. The van der Waals surface area contributed by atoms with E-state index < -0.39 is 0 Å². The van der Waals surface area contributed by atoms with Crippen LogP contribution in [0.3, 0.4) is 0 Å². The van der Waals surface area contributed by atoms with Gasteiger partial charge in [0.15, 0.2) is 0 Å². The number of thioether (sulfide) groups is 1. The lowest BCUT2D eigenvalue weighted by Crippen LogP contribution is -2.29. The standard InChI is InChI=1S/C12H14BrNOS/c13-10-5-1-2-6-11(10)16-9-12(15)14-7-3-4-8-14/h1-2,5-6H,3-4,7-9H2. The lowest BCUT2D eigenvalue weighted by Gasteiger charge is -2.14. The van der Waals surface area contributed by atoms with Crippen LogP contribution in [0.1, 0.15) is 12.8 Å². The number of halogens is 1. The van der Waals surface area contributed by atoms with Crippen LogP contribution in [-0.4, -0.2) is 29.6 Å². The minimum absolute atomic E-state index is 0.262. The Bertz CT molecular complexity index is 377. The number of benzene rings is 1. The van der Waals surface area contributed by atoms with E-state index in [1.807, 2.05) is 29.2 Å². The highest BCUT2D eigenvalue weighted by molar-refractivity contribution is 9.10. The second kappa shape index (κ2) is 5.73. The smallest absolute Gasteiger partial charge is 0.232 e. The van der Waals surface area contributed by atoms with Gasteiger partial charge in [-0.25, -0.2) is 0 Å². The molecule has 2 rings (SSSR count). The van der Waals surface area contributed by atoms with Gasteiger partial charge in [0.1, 0.15) is 0 Å². The molecule has 1 heterocycles. The Hall–Kier alpha value is -0.480. The molecule has 1 aliphatic rings. The third kappa shape index (κ3) is 3.01. The van der Waals surface area contributed by atoms with E-state index in [4.69, 9.17) is 0 Å². The van der Waals surface area contributed by atoms with E-state index in [2.05, 4.69) is 15.9 Å². The number of carbonyl (C=O) groups is 1. The van der Waals surface area contributed by atoms with Crippen molar-refractivity contribution in [1.29, 1.82) is 0 Å². The first-order chi connectivity index (χ1) is 7.77. The lowest BCUT2D eigenvalue weighted by atomic mass is 10.4. The van der Waals surface area contributed by atoms with Crippen LogP contribution < -0.4 is 0 Å². The summed E-state index contributed by atoms with van der Waals surface area (Å²) in [6, 6.07) is 8.01. The van der Waals surface area contributed by atoms with Gasteiger partial charge >= 0.3 is 0 Å². The summed E-state index contributed by atoms with van der Waals surface area (Å²) in [5.74, 6) is 0.807. The van der Waals surface area contributed by atoms with Gasteiger partial charge in [-0.15, -0.1) is 11.8 Å². The molecule has 0 aliphatic carbocycles. The molecule has 1 aromatic rings. The van der Waals surface area contributed by atoms with Crippen molar-refractivity contribution in [2.45, 2.75) is 17.7 Å². The molecular weight excluding hydrogens is 286 g/mol. The molecule has 0 bridgehead atoms. The highest BCUT2D eigenvalue weighted by Gasteiger charge is 2.17. The summed E-state index contributed by atoms with van der Waals surface area (Å²) < 4.78 is 1.06. The van der Waals surface area contributed by atoms with Crippen LogP contribution in [0.2, 0.25) is 0 Å². The molecule has 1 fully saturated rings. The third-order valence-electron chi connectivity index (χ3n) is 2.65. The van der Waals surface area contributed by atoms with Crippen LogP contribution in [0.25, 0.3) is 0 Å². The molecule has 0 saturated carbocycles. The fourth-order valence-corrected chi connectivity index (χ4v) is 3.23. The molecule has 1 amide bonds. The molecule has 1 aromatic carbocycles. The first-order valence-corrected chi connectivity index (χ1v) is 7.20. The molecule has 1 saturated heterocycles. The van der Waals surface area contributed by atoms with Gasteiger partial charge in [-0.3, -0.25) is 4.79 Å². The van der Waals surface area contributed by atoms with Crippen LogP contribution in [0.15, 0.2) is 33.6 Å². The predicted octanol–water partition coefficient (Wildman–Crippen LogP) is 3.16. The number of rotatable bonds is 3. The van der Waals surface area contributed by atoms with Crippen LogP contribution in [0.5, 0.6) is 0 Å². The van der Waals surface area contributed by atoms with Gasteiger partial charge in [0.05, 0.1) is 5.75 Å². The zero-order valence-electron chi connectivity index (χ0n) is 8.99. The van der Waals surface area contributed by atoms with Crippen molar-refractivity contribution in [3.8, 4) is 0 Å². The fraction of sp³-hybridized carbons (Fsp3) is 0.417. The average Bonchev–Trinajstić information content (AvgIpc) is 2.81. The van der Waals surface area contributed by atoms with E-state index in [0.29, 0.717) is 5.75 Å². The number of hydrogen-bond donors (Lipinski definition) is 0. The van der Waals surface area contributed by atoms with E-state index >= 15 is 0 Å². The maximum atomic E-state index is 11.8. The number of carbonyl (C=O) groups excluding carboxylic acids is 1. The summed E-state index contributed by atoms with van der Waals surface area (Å²) in [5, 5.41) is 0. The lowest BCUT2D eigenvalue weighted by molar-refractivity contribution is -0.127. The van der Waals surface area contributed by atoms with E-state index in [-0.39, 0.29) is 5.91 Å². The van der Waals surface area contributed by atoms with Crippen molar-refractivity contribution in [2.24, 2.45) is 0 Å². The second-order valence-corrected chi connectivity index (χ2v) is 5.68. The largest absolute Gasteiger partial charge is 0.342 e. The quantitative estimate of drug-likeness (QED) is 0.799. The summed E-state index contributed by atoms with van der Waals surface area (Å²) in [6.07, 6.45) is 2.32. The predicted molar refractivity (Wildman–Crippen MR) is 70.7 cm³/mol. The first-order valence-electron chi connectivity index (χ1n) is 5.42. The van der Waals surface area contributed by atoms with Crippen molar-refractivity contribution >= 4 is 33.6 Å². The van der Waals surface area contributed by atoms with Crippen molar-refractivity contribution in [2.75, 3.05) is 18.8 Å². The van der Waals surface area contributed by atoms with E-state index in [1.54, 1.807) is 11.8 Å². The molecule has 16 heavy (non-hydrogen) atoms. The van der Waals surface area contributed by atoms with Crippen LogP contribution in [0.4, 0.5) is 0 Å². The normalized spacial score (nSPS) is 15.4. The summed E-state index contributed by atoms with van der Waals surface area (Å²) in [4.78, 5) is 14.9. The second-order valence-electron chi connectivity index (χ2n) is 3.81. The van der Waals surface area contributed by atoms with Gasteiger partial charge in [-0.2, -0.15) is 0 Å². The van der Waals surface area contributed by atoms with E-state index in [1.165, 1.54) is 0 Å². The zero-order chi connectivity index (χ0) is 11.4. The van der Waals surface area contributed by atoms with Gasteiger partial charge in [-0.05, 0) is 40.9 Å². The zero-order valence-corrected chi connectivity index (χ0v) is 11.4. The summed E-state index contributed by atoms with van der Waals surface area (Å²) in [5.41, 5.74) is 0. The number of likely N-dealkylation sites (tertiary alicyclic amines) is 1. The molecule has 4 heteroatoms. The Morgan fingerprint density at radius 1 is 1.31 bits per heavy atom. The molecule has 1 aliphatic heterocycles. The number of nitrogens with zero attached hydrogens (tertiary/aromatic N) is 1. The molecule has 0 aromatic heterocycles. The first kappa shape index (κ1) is 12.0. The summed E-state index contributed by atoms with van der Waals surface area (Å²) >= 11 is 5.09. The molecule has 2 nitrogen and oxygen atoms in total. The SMILES string of the molecule is O=C(CSc1ccccc1Br)N1CCCC1. The minimum atomic E-state index is 0.262. The maximum Gasteiger partial charge on any atom is 0.232 e. The molecule has 0 atom stereocenters. The number of hydrogen-bond acceptors (Lipinski definition) is 2. The Morgan fingerprint density at radius 3 is 2.69 bits per heavy atom. The van der Waals surface area contributed by atoms with Crippen molar-refractivity contribution in [3.05, 3.63) is 28.7 Å². The Morgan fingerprint density at radius 2 is 2.00 bits per heavy atom. The van der Waals surface area contributed by atoms with Crippen LogP contribution >= 0.6 is 27.7 Å². The Balaban J connectivity index is 1.87. The van der Waals surface area contributed by atoms with Crippen molar-refractivity contribution < 1.29 is 4.79 Å². The Labute approximate surface area is 109 Å². The molecule has 86 valence electrons. The highest BCUT2D eigenvalue weighted by atomic mass is 79.9. The van der Waals surface area contributed by atoms with Crippen molar-refractivity contribution in [1.82, 2.24) is 4.90 Å². The summed E-state index contributed by atoms with van der Waals surface area (Å²) in [7, 11) is 0. The van der Waals surface area contributed by atoms with Crippen LogP contribution in [0, 0.1) is 0 Å². The molecule has 0 unspecified atom stereocenters. The van der Waals surface area contributed by atoms with Crippen molar-refractivity contribution in [3.63, 3.8) is 0 Å². The molecule has 0 N–H and O–H groups in total. The molecule has 0 radical (unpaired) electrons. The topological polar surface area (TPSA) is 20.3 Å². The Kier molecular flexibility index (Phi) is 4.29. The van der Waals surface area contributed by atoms with Gasteiger partial charge < -0.3 is 4.90 Å². The fourth-order valence-electron chi connectivity index (χ4n) is 1.76. The molecular formula is C12H14BrNOS. The van der Waals surface area contributed by atoms with Gasteiger partial charge in [0.2, 0.25) is 5.91 Å². The van der Waals surface area contributed by atoms with E-state index in [9.17, 15) is 4.79 Å². The monoisotopic (exact) mass is 299 g/mol. The van der Waals surface area contributed by atoms with Gasteiger partial charge in [0, 0.05) is 22.5 Å². The summed E-state index contributed by atoms with van der Waals surface area (Å²) in [6.45, 7) is 1.88. The molecule has 0 spiro atoms. The minimum Gasteiger partial charge on any atom is -0.342 e. The third-order valence-corrected chi connectivity index (χ3v) is 4.66. The van der Waals surface area contributed by atoms with Gasteiger partial charge in [-0.1, -0.05) is 12.1 Å².